The van der Waals surface area contributed by atoms with Crippen LogP contribution in [0, 0.1) is 5.92 Å². The Balaban J connectivity index is 2.26. The zero-order chi connectivity index (χ0) is 11.4. The van der Waals surface area contributed by atoms with E-state index in [-0.39, 0.29) is 17.6 Å². The van der Waals surface area contributed by atoms with Gasteiger partial charge in [-0.3, -0.25) is 9.59 Å². The molecular formula is C11H17NO3. The van der Waals surface area contributed by atoms with E-state index in [1.807, 2.05) is 13.8 Å². The minimum atomic E-state index is -0.813. The van der Waals surface area contributed by atoms with Crippen LogP contribution in [-0.4, -0.2) is 34.5 Å². The Morgan fingerprint density at radius 1 is 1.60 bits per heavy atom. The highest BCUT2D eigenvalue weighted by Gasteiger charge is 2.23. The second-order valence-electron chi connectivity index (χ2n) is 4.03. The molecule has 0 aromatic rings. The summed E-state index contributed by atoms with van der Waals surface area (Å²) in [6.45, 7) is 4.16. The van der Waals surface area contributed by atoms with Crippen LogP contribution in [0.25, 0.3) is 0 Å². The summed E-state index contributed by atoms with van der Waals surface area (Å²) >= 11 is 0. The Kier molecular flexibility index (Phi) is 4.03. The predicted octanol–water partition coefficient (Wildman–Crippen LogP) is 0.709. The van der Waals surface area contributed by atoms with Gasteiger partial charge in [0.1, 0.15) is 12.0 Å². The molecule has 15 heavy (non-hydrogen) atoms. The van der Waals surface area contributed by atoms with Crippen molar-refractivity contribution in [2.75, 3.05) is 6.54 Å². The molecular weight excluding hydrogens is 194 g/mol. The first-order valence-corrected chi connectivity index (χ1v) is 5.22. The highest BCUT2D eigenvalue weighted by molar-refractivity contribution is 5.90. The molecule has 0 fully saturated rings. The lowest BCUT2D eigenvalue weighted by Gasteiger charge is -2.20. The minimum absolute atomic E-state index is 0.0438. The normalized spacial score (nSPS) is 20.4. The van der Waals surface area contributed by atoms with E-state index < -0.39 is 6.23 Å². The molecule has 1 N–H and O–H groups in total. The number of hydrogen-bond acceptors (Lipinski definition) is 3. The molecule has 0 bridgehead atoms. The van der Waals surface area contributed by atoms with Gasteiger partial charge in [-0.05, 0) is 12.5 Å². The largest absolute Gasteiger partial charge is 0.370 e. The number of nitrogens with zero attached hydrogens (tertiary/aromatic N) is 1. The maximum atomic E-state index is 11.3. The Morgan fingerprint density at radius 3 is 2.73 bits per heavy atom. The third-order valence-corrected chi connectivity index (χ3v) is 2.48. The molecule has 1 heterocycles. The van der Waals surface area contributed by atoms with Crippen molar-refractivity contribution in [3.8, 4) is 0 Å². The lowest BCUT2D eigenvalue weighted by Crippen LogP contribution is -2.34. The van der Waals surface area contributed by atoms with Crippen molar-refractivity contribution in [1.29, 1.82) is 0 Å². The van der Waals surface area contributed by atoms with Gasteiger partial charge in [-0.1, -0.05) is 13.8 Å². The smallest absolute Gasteiger partial charge is 0.248 e. The van der Waals surface area contributed by atoms with E-state index in [0.29, 0.717) is 19.4 Å². The molecule has 0 aliphatic carbocycles. The van der Waals surface area contributed by atoms with Gasteiger partial charge in [-0.15, -0.1) is 0 Å². The van der Waals surface area contributed by atoms with Crippen LogP contribution in [0.4, 0.5) is 0 Å². The zero-order valence-electron chi connectivity index (χ0n) is 9.14. The van der Waals surface area contributed by atoms with Crippen molar-refractivity contribution in [1.82, 2.24) is 4.90 Å². The molecule has 1 aliphatic heterocycles. The van der Waals surface area contributed by atoms with Gasteiger partial charge in [-0.2, -0.15) is 0 Å². The van der Waals surface area contributed by atoms with Gasteiger partial charge in [0.2, 0.25) is 5.91 Å². The molecule has 0 radical (unpaired) electrons. The average molecular weight is 211 g/mol. The number of amides is 1. The minimum Gasteiger partial charge on any atom is -0.370 e. The van der Waals surface area contributed by atoms with Crippen LogP contribution < -0.4 is 0 Å². The fraction of sp³-hybridized carbons (Fsp3) is 0.636. The summed E-state index contributed by atoms with van der Waals surface area (Å²) in [5.41, 5.74) is 0. The molecule has 0 aromatic heterocycles. The van der Waals surface area contributed by atoms with Crippen LogP contribution in [-0.2, 0) is 9.59 Å². The Bertz CT molecular complexity index is 284. The van der Waals surface area contributed by atoms with E-state index in [1.54, 1.807) is 0 Å². The third-order valence-electron chi connectivity index (χ3n) is 2.48. The molecule has 1 atom stereocenters. The second-order valence-corrected chi connectivity index (χ2v) is 4.03. The van der Waals surface area contributed by atoms with E-state index in [1.165, 1.54) is 17.1 Å². The highest BCUT2D eigenvalue weighted by atomic mass is 16.3. The van der Waals surface area contributed by atoms with E-state index in [0.717, 1.165) is 0 Å². The van der Waals surface area contributed by atoms with Crippen molar-refractivity contribution >= 4 is 11.7 Å². The van der Waals surface area contributed by atoms with Gasteiger partial charge in [0.15, 0.2) is 0 Å². The van der Waals surface area contributed by atoms with E-state index in [4.69, 9.17) is 0 Å². The number of ketones is 1. The van der Waals surface area contributed by atoms with Gasteiger partial charge in [0.25, 0.3) is 0 Å². The number of aliphatic hydroxyl groups is 1. The third kappa shape index (κ3) is 3.16. The average Bonchev–Trinajstić information content (AvgIpc) is 2.48. The molecule has 0 spiro atoms. The summed E-state index contributed by atoms with van der Waals surface area (Å²) in [5, 5.41) is 9.37. The van der Waals surface area contributed by atoms with Crippen LogP contribution in [0.15, 0.2) is 12.2 Å². The summed E-state index contributed by atoms with van der Waals surface area (Å²) in [7, 11) is 0. The number of aliphatic hydroxyl groups excluding tert-OH is 1. The molecule has 1 rings (SSSR count). The van der Waals surface area contributed by atoms with Crippen molar-refractivity contribution in [2.24, 2.45) is 5.92 Å². The van der Waals surface area contributed by atoms with E-state index in [2.05, 4.69) is 0 Å². The van der Waals surface area contributed by atoms with Gasteiger partial charge >= 0.3 is 0 Å². The molecule has 1 unspecified atom stereocenters. The van der Waals surface area contributed by atoms with Gasteiger partial charge < -0.3 is 10.0 Å². The predicted molar refractivity (Wildman–Crippen MR) is 55.9 cm³/mol. The van der Waals surface area contributed by atoms with Crippen molar-refractivity contribution in [3.05, 3.63) is 12.2 Å². The first-order valence-electron chi connectivity index (χ1n) is 5.22. The maximum absolute atomic E-state index is 11.3. The number of carbonyl (C=O) groups excluding carboxylic acids is 2. The molecule has 0 saturated carbocycles. The number of Topliss-reactive ketones (excluding diaryl/α,β-unsaturated/α-hetero) is 1. The topological polar surface area (TPSA) is 57.6 Å². The fourth-order valence-corrected chi connectivity index (χ4v) is 1.45. The molecule has 84 valence electrons. The van der Waals surface area contributed by atoms with Crippen molar-refractivity contribution in [2.45, 2.75) is 32.9 Å². The van der Waals surface area contributed by atoms with Crippen LogP contribution in [0.1, 0.15) is 26.7 Å². The molecule has 0 aromatic carbocycles. The van der Waals surface area contributed by atoms with Crippen LogP contribution in [0.3, 0.4) is 0 Å². The maximum Gasteiger partial charge on any atom is 0.248 e. The van der Waals surface area contributed by atoms with E-state index >= 15 is 0 Å². The first-order chi connectivity index (χ1) is 7.02. The number of hydrogen-bond donors (Lipinski definition) is 1. The summed E-state index contributed by atoms with van der Waals surface area (Å²) in [6.07, 6.45) is 3.07. The SMILES string of the molecule is CC(C)C(=O)CCCN1C(=O)C=CC1O. The van der Waals surface area contributed by atoms with E-state index in [9.17, 15) is 14.7 Å². The van der Waals surface area contributed by atoms with Crippen LogP contribution >= 0.6 is 0 Å². The summed E-state index contributed by atoms with van der Waals surface area (Å²) in [6, 6.07) is 0. The first kappa shape index (κ1) is 11.9. The molecule has 4 nitrogen and oxygen atoms in total. The molecule has 0 saturated heterocycles. The van der Waals surface area contributed by atoms with Crippen LogP contribution in [0.5, 0.6) is 0 Å². The monoisotopic (exact) mass is 211 g/mol. The highest BCUT2D eigenvalue weighted by Crippen LogP contribution is 2.10. The van der Waals surface area contributed by atoms with Crippen molar-refractivity contribution in [3.63, 3.8) is 0 Å². The van der Waals surface area contributed by atoms with Gasteiger partial charge in [-0.25, -0.2) is 0 Å². The second kappa shape index (κ2) is 5.07. The number of rotatable bonds is 5. The fourth-order valence-electron chi connectivity index (χ4n) is 1.45. The van der Waals surface area contributed by atoms with Crippen molar-refractivity contribution < 1.29 is 14.7 Å². The standard InChI is InChI=1S/C11H17NO3/c1-8(2)9(13)4-3-7-12-10(14)5-6-11(12)15/h5-6,8,10,14H,3-4,7H2,1-2H3. The quantitative estimate of drug-likeness (QED) is 0.728. The summed E-state index contributed by atoms with van der Waals surface area (Å²) in [5.74, 6) is 0.0610. The lowest BCUT2D eigenvalue weighted by molar-refractivity contribution is -0.131. The molecule has 4 heteroatoms. The van der Waals surface area contributed by atoms with Crippen LogP contribution in [0.2, 0.25) is 0 Å². The molecule has 1 aliphatic rings. The Hall–Kier alpha value is -1.16. The summed E-state index contributed by atoms with van der Waals surface area (Å²) in [4.78, 5) is 23.8. The number of carbonyl (C=O) groups is 2. The Morgan fingerprint density at radius 2 is 2.27 bits per heavy atom. The van der Waals surface area contributed by atoms with Gasteiger partial charge in [0, 0.05) is 25.0 Å². The summed E-state index contributed by atoms with van der Waals surface area (Å²) < 4.78 is 0. The lowest BCUT2D eigenvalue weighted by atomic mass is 10.0. The van der Waals surface area contributed by atoms with Gasteiger partial charge in [0.05, 0.1) is 0 Å². The Labute approximate surface area is 89.6 Å². The zero-order valence-corrected chi connectivity index (χ0v) is 9.14. The molecule has 1 amide bonds.